The summed E-state index contributed by atoms with van der Waals surface area (Å²) in [6.45, 7) is 35.6. The van der Waals surface area contributed by atoms with Crippen molar-refractivity contribution >= 4 is 61.4 Å². The van der Waals surface area contributed by atoms with Crippen LogP contribution in [0.1, 0.15) is 5.56 Å². The molecule has 0 aliphatic carbocycles. The number of benzene rings is 1. The van der Waals surface area contributed by atoms with Crippen LogP contribution in [-0.2, 0) is 8.85 Å². The Kier molecular flexibility index (Phi) is 9.68. The van der Waals surface area contributed by atoms with Crippen molar-refractivity contribution in [2.45, 2.75) is 97.9 Å². The van der Waals surface area contributed by atoms with Gasteiger partial charge in [-0.2, -0.15) is 0 Å². The molecule has 32 heavy (non-hydrogen) atoms. The van der Waals surface area contributed by atoms with E-state index in [1.165, 1.54) is 10.8 Å². The molecule has 0 spiro atoms. The molecule has 9 heteroatoms. The summed E-state index contributed by atoms with van der Waals surface area (Å²) >= 11 is 0. The van der Waals surface area contributed by atoms with Gasteiger partial charge in [0.15, 0.2) is 22.0 Å². The van der Waals surface area contributed by atoms with Crippen molar-refractivity contribution < 1.29 is 8.85 Å². The van der Waals surface area contributed by atoms with Crippen molar-refractivity contribution in [2.24, 2.45) is 0 Å². The molecule has 0 N–H and O–H groups in total. The van der Waals surface area contributed by atoms with Crippen LogP contribution in [0.2, 0.25) is 91.7 Å². The highest BCUT2D eigenvalue weighted by Gasteiger charge is 2.55. The van der Waals surface area contributed by atoms with Crippen molar-refractivity contribution in [3.63, 3.8) is 0 Å². The summed E-state index contributed by atoms with van der Waals surface area (Å²) in [7, 11) is -8.41. The summed E-state index contributed by atoms with van der Waals surface area (Å²) in [6, 6.07) is 10.7. The minimum Gasteiger partial charge on any atom is -0.394 e. The molecule has 2 nitrogen and oxygen atoms in total. The second kappa shape index (κ2) is 10.2. The molecule has 1 rings (SSSR count). The number of rotatable bonds is 10. The van der Waals surface area contributed by atoms with E-state index in [9.17, 15) is 0 Å². The van der Waals surface area contributed by atoms with Gasteiger partial charge < -0.3 is 8.85 Å². The Morgan fingerprint density at radius 1 is 0.656 bits per heavy atom. The van der Waals surface area contributed by atoms with E-state index in [0.717, 1.165) is 10.2 Å². The Morgan fingerprint density at radius 3 is 1.31 bits per heavy atom. The maximum absolute atomic E-state index is 7.26. The van der Waals surface area contributed by atoms with E-state index in [-0.39, 0.29) is 6.29 Å². The van der Waals surface area contributed by atoms with E-state index in [1.807, 2.05) is 0 Å². The summed E-state index contributed by atoms with van der Waals surface area (Å²) in [6.07, 6.45) is 2.19. The van der Waals surface area contributed by atoms with Gasteiger partial charge in [-0.15, -0.1) is 0 Å². The largest absolute Gasteiger partial charge is 0.394 e. The van der Waals surface area contributed by atoms with Gasteiger partial charge in [0.2, 0.25) is 0 Å². The first kappa shape index (κ1) is 30.4. The van der Waals surface area contributed by atoms with Crippen LogP contribution in [0.4, 0.5) is 0 Å². The second-order valence-corrected chi connectivity index (χ2v) is 71.0. The van der Waals surface area contributed by atoms with Gasteiger partial charge in [0.25, 0.3) is 0 Å². The molecule has 0 amide bonds. The van der Waals surface area contributed by atoms with Crippen LogP contribution in [-0.4, -0.2) is 61.6 Å². The third-order valence-corrected chi connectivity index (χ3v) is 90.6. The molecule has 0 aromatic heterocycles. The average molecular weight is 557 g/mol. The highest BCUT2D eigenvalue weighted by atomic mass is 29.7. The average Bonchev–Trinajstić information content (AvgIpc) is 2.59. The van der Waals surface area contributed by atoms with Crippen molar-refractivity contribution in [1.29, 1.82) is 0 Å². The minimum atomic E-state index is -1.91. The molecule has 1 aromatic carbocycles. The van der Waals surface area contributed by atoms with Gasteiger partial charge in [0, 0.05) is 25.4 Å². The van der Waals surface area contributed by atoms with Crippen LogP contribution in [0.25, 0.3) is 6.08 Å². The third kappa shape index (κ3) is 6.75. The maximum Gasteiger partial charge on any atom is 0.175 e. The fraction of sp³-hybridized carbons (Fsp3) is 0.652. The molecule has 184 valence electrons. The van der Waals surface area contributed by atoms with E-state index in [4.69, 9.17) is 8.85 Å². The van der Waals surface area contributed by atoms with Gasteiger partial charge in [-0.3, -0.25) is 0 Å². The van der Waals surface area contributed by atoms with Crippen LogP contribution >= 0.6 is 0 Å². The monoisotopic (exact) mass is 556 g/mol. The molecular formula is C23H52O2Si7. The zero-order valence-electron chi connectivity index (χ0n) is 23.9. The zero-order valence-corrected chi connectivity index (χ0v) is 31.9. The van der Waals surface area contributed by atoms with Crippen LogP contribution in [0.15, 0.2) is 35.5 Å². The molecule has 0 atom stereocenters. The Bertz CT molecular complexity index is 749. The van der Waals surface area contributed by atoms with Gasteiger partial charge in [0.05, 0.1) is 14.2 Å². The quantitative estimate of drug-likeness (QED) is 0.240. The van der Waals surface area contributed by atoms with Crippen molar-refractivity contribution in [3.8, 4) is 0 Å². The first-order chi connectivity index (χ1) is 14.1. The molecule has 0 fully saturated rings. The van der Waals surface area contributed by atoms with Gasteiger partial charge in [-0.1, -0.05) is 102 Å². The lowest BCUT2D eigenvalue weighted by atomic mass is 10.2. The van der Waals surface area contributed by atoms with E-state index in [1.54, 1.807) is 0 Å². The number of hydrogen-bond acceptors (Lipinski definition) is 2. The molecule has 1 aromatic rings. The maximum atomic E-state index is 7.26. The Hall–Kier alpha value is 0.398. The summed E-state index contributed by atoms with van der Waals surface area (Å²) in [4.78, 5) is 0. The highest BCUT2D eigenvalue weighted by molar-refractivity contribution is 7.67. The molecule has 0 aliphatic heterocycles. The smallest absolute Gasteiger partial charge is 0.175 e. The van der Waals surface area contributed by atoms with E-state index < -0.39 is 45.1 Å². The Labute approximate surface area is 208 Å². The van der Waals surface area contributed by atoms with Gasteiger partial charge in [-0.25, -0.2) is 0 Å². The highest BCUT2D eigenvalue weighted by Crippen LogP contribution is 2.35. The van der Waals surface area contributed by atoms with Gasteiger partial charge in [0.1, 0.15) is 0 Å². The third-order valence-electron chi connectivity index (χ3n) is 9.13. The van der Waals surface area contributed by atoms with Crippen molar-refractivity contribution in [3.05, 3.63) is 41.1 Å². The van der Waals surface area contributed by atoms with Gasteiger partial charge >= 0.3 is 0 Å². The molecule has 0 bridgehead atoms. The Balaban J connectivity index is 3.48. The molecule has 0 radical (unpaired) electrons. The molecule has 0 heterocycles. The normalized spacial score (nSPS) is 15.5. The molecule has 0 aliphatic rings. The first-order valence-corrected chi connectivity index (χ1v) is 36.0. The van der Waals surface area contributed by atoms with Crippen LogP contribution in [0, 0.1) is 0 Å². The molecule has 0 saturated carbocycles. The van der Waals surface area contributed by atoms with E-state index in [2.05, 4.69) is 128 Å². The lowest BCUT2D eigenvalue weighted by Crippen LogP contribution is -2.73. The second-order valence-electron chi connectivity index (χ2n) is 13.6. The predicted octanol–water partition coefficient (Wildman–Crippen LogP) is 6.57. The molecule has 0 saturated heterocycles. The topological polar surface area (TPSA) is 18.5 Å². The van der Waals surface area contributed by atoms with E-state index >= 15 is 0 Å². The van der Waals surface area contributed by atoms with Crippen LogP contribution in [0.3, 0.4) is 0 Å². The van der Waals surface area contributed by atoms with Crippen LogP contribution < -0.4 is 0 Å². The lowest BCUT2D eigenvalue weighted by molar-refractivity contribution is 0.0361. The number of hydrogen-bond donors (Lipinski definition) is 0. The van der Waals surface area contributed by atoms with Crippen LogP contribution in [0.5, 0.6) is 0 Å². The lowest BCUT2D eigenvalue weighted by Gasteiger charge is -2.50. The summed E-state index contributed by atoms with van der Waals surface area (Å²) in [5.41, 5.74) is 1.26. The summed E-state index contributed by atoms with van der Waals surface area (Å²) in [5, 5.41) is 1.36. The SMILES string of the molecule is C[Si](C)(C)[Si](C)(C)[Si](C)(C)OC(O[Si](C)(C)[Si](C)(C)[Si](C)(C)C)C([SiH3])=Cc1ccccc1. The van der Waals surface area contributed by atoms with Crippen molar-refractivity contribution in [1.82, 2.24) is 0 Å². The van der Waals surface area contributed by atoms with E-state index in [0.29, 0.717) is 0 Å². The zero-order chi connectivity index (χ0) is 25.4. The minimum absolute atomic E-state index is 0.156. The molecule has 0 unspecified atom stereocenters. The Morgan fingerprint density at radius 2 is 1.00 bits per heavy atom. The molecular weight excluding hydrogens is 505 g/mol. The standard InChI is InChI=1S/C23H52O2Si7/c1-27(2,3)31(11,12)29(7,8)24-23(22(26)20-21-18-16-15-17-19-21)25-30(9,10)32(13,14)28(4,5)6/h15-20,23H,1-14,26H3. The fourth-order valence-electron chi connectivity index (χ4n) is 3.73. The first-order valence-electron chi connectivity index (χ1n) is 12.2. The summed E-state index contributed by atoms with van der Waals surface area (Å²) in [5.74, 6) is 0. The summed E-state index contributed by atoms with van der Waals surface area (Å²) < 4.78 is 14.5. The van der Waals surface area contributed by atoms with Crippen molar-refractivity contribution in [2.75, 3.05) is 0 Å². The van der Waals surface area contributed by atoms with Gasteiger partial charge in [-0.05, 0) is 36.9 Å². The fourth-order valence-corrected chi connectivity index (χ4v) is 57.4. The predicted molar refractivity (Wildman–Crippen MR) is 167 cm³/mol.